The Morgan fingerprint density at radius 3 is 2.16 bits per heavy atom. The van der Waals surface area contributed by atoms with Crippen LogP contribution in [0, 0.1) is 5.41 Å². The molecule has 0 unspecified atom stereocenters. The molecule has 3 rings (SSSR count). The van der Waals surface area contributed by atoms with Crippen LogP contribution < -0.4 is 16.0 Å². The average Bonchev–Trinajstić information content (AvgIpc) is 2.96. The Hall–Kier alpha value is -3.54. The number of para-hydroxylation sites is 1. The summed E-state index contributed by atoms with van der Waals surface area (Å²) in [6, 6.07) is 16.2. The first-order chi connectivity index (χ1) is 17.6. The van der Waals surface area contributed by atoms with E-state index in [-0.39, 0.29) is 5.91 Å². The number of alkyl halides is 5. The number of nitrogens with two attached hydrogens (primary N) is 1. The van der Waals surface area contributed by atoms with Crippen molar-refractivity contribution in [2.45, 2.75) is 39.3 Å². The van der Waals surface area contributed by atoms with E-state index in [2.05, 4.69) is 12.1 Å². The molecule has 1 aliphatic rings. The Balaban J connectivity index is 0.000000275. The predicted molar refractivity (Wildman–Crippen MR) is 131 cm³/mol. The maximum absolute atomic E-state index is 12.6. The number of carbonyl (C=O) groups is 3. The maximum atomic E-state index is 12.6. The van der Waals surface area contributed by atoms with E-state index < -0.39 is 35.9 Å². The summed E-state index contributed by atoms with van der Waals surface area (Å²) in [5, 5.41) is 1.34. The largest absolute Gasteiger partial charge is 0.455 e. The number of nitrogens with zero attached hydrogens (tertiary/aromatic N) is 1. The van der Waals surface area contributed by atoms with Gasteiger partial charge in [-0.05, 0) is 38.0 Å². The van der Waals surface area contributed by atoms with Crippen LogP contribution in [0.3, 0.4) is 0 Å². The van der Waals surface area contributed by atoms with Crippen LogP contribution in [-0.2, 0) is 25.5 Å². The van der Waals surface area contributed by atoms with Crippen molar-refractivity contribution in [1.82, 2.24) is 5.32 Å². The summed E-state index contributed by atoms with van der Waals surface area (Å²) in [5.74, 6) is -7.36. The lowest BCUT2D eigenvalue weighted by Crippen LogP contribution is -2.52. The predicted octanol–water partition coefficient (Wildman–Crippen LogP) is 4.09. The van der Waals surface area contributed by atoms with E-state index in [4.69, 9.17) is 10.5 Å². The number of ether oxygens (including phenoxy) is 1. The Bertz CT molecular complexity index is 1150. The van der Waals surface area contributed by atoms with Crippen molar-refractivity contribution >= 4 is 23.4 Å². The number of amides is 3. The van der Waals surface area contributed by atoms with Gasteiger partial charge in [0.25, 0.3) is 0 Å². The van der Waals surface area contributed by atoms with Gasteiger partial charge in [0, 0.05) is 18.7 Å². The summed E-state index contributed by atoms with van der Waals surface area (Å²) in [7, 11) is 0. The van der Waals surface area contributed by atoms with E-state index >= 15 is 0 Å². The SMILES string of the molecule is CC(C)(C(N)=O)C(=O)NCC(F)(F)C(F)(F)F.CCOCCN1C(=O)Cc2ccccc2-c2ccccc21. The average molecular weight is 544 g/mol. The third kappa shape index (κ3) is 7.27. The van der Waals surface area contributed by atoms with Gasteiger partial charge in [0.2, 0.25) is 17.7 Å². The van der Waals surface area contributed by atoms with Gasteiger partial charge in [-0.3, -0.25) is 14.4 Å². The Kier molecular flexibility index (Phi) is 9.96. The number of anilines is 1. The highest BCUT2D eigenvalue weighted by Crippen LogP contribution is 2.36. The first kappa shape index (κ1) is 30.7. The number of primary amides is 1. The summed E-state index contributed by atoms with van der Waals surface area (Å²) in [5.41, 5.74) is 7.27. The molecule has 2 aromatic carbocycles. The van der Waals surface area contributed by atoms with Gasteiger partial charge in [0.1, 0.15) is 5.41 Å². The summed E-state index contributed by atoms with van der Waals surface area (Å²) in [4.78, 5) is 36.4. The zero-order valence-corrected chi connectivity index (χ0v) is 21.2. The van der Waals surface area contributed by atoms with Crippen LogP contribution >= 0.6 is 0 Å². The van der Waals surface area contributed by atoms with E-state index in [0.29, 0.717) is 26.2 Å². The first-order valence-electron chi connectivity index (χ1n) is 11.7. The second-order valence-corrected chi connectivity index (χ2v) is 8.97. The van der Waals surface area contributed by atoms with Crippen LogP contribution in [0.1, 0.15) is 26.3 Å². The molecule has 12 heteroatoms. The Morgan fingerprint density at radius 1 is 1.00 bits per heavy atom. The van der Waals surface area contributed by atoms with Crippen molar-refractivity contribution in [1.29, 1.82) is 0 Å². The number of benzene rings is 2. The molecule has 38 heavy (non-hydrogen) atoms. The molecule has 0 saturated heterocycles. The van der Waals surface area contributed by atoms with E-state index in [1.807, 2.05) is 48.2 Å². The van der Waals surface area contributed by atoms with Gasteiger partial charge in [-0.2, -0.15) is 22.0 Å². The number of hydrogen-bond acceptors (Lipinski definition) is 4. The molecule has 208 valence electrons. The van der Waals surface area contributed by atoms with Gasteiger partial charge < -0.3 is 20.7 Å². The molecule has 3 amide bonds. The highest BCUT2D eigenvalue weighted by atomic mass is 19.4. The lowest BCUT2D eigenvalue weighted by Gasteiger charge is -2.23. The summed E-state index contributed by atoms with van der Waals surface area (Å²) in [6.45, 7) is 3.88. The van der Waals surface area contributed by atoms with E-state index in [1.165, 1.54) is 5.32 Å². The molecule has 3 N–H and O–H groups in total. The molecule has 2 aromatic rings. The van der Waals surface area contributed by atoms with Crippen molar-refractivity contribution in [2.75, 3.05) is 31.2 Å². The normalized spacial score (nSPS) is 13.5. The van der Waals surface area contributed by atoms with Gasteiger partial charge in [0.15, 0.2) is 0 Å². The van der Waals surface area contributed by atoms with E-state index in [1.54, 1.807) is 0 Å². The number of nitrogens with one attached hydrogen (secondary N) is 1. The third-order valence-electron chi connectivity index (χ3n) is 5.88. The Labute approximate surface area is 217 Å². The smallest absolute Gasteiger partial charge is 0.380 e. The lowest BCUT2D eigenvalue weighted by atomic mass is 9.91. The lowest BCUT2D eigenvalue weighted by molar-refractivity contribution is -0.278. The number of carbonyl (C=O) groups excluding carboxylic acids is 3. The van der Waals surface area contributed by atoms with Gasteiger partial charge in [0.05, 0.1) is 25.3 Å². The molecule has 0 spiro atoms. The van der Waals surface area contributed by atoms with Crippen molar-refractivity contribution < 1.29 is 41.1 Å². The standard InChI is InChI=1S/C18H19NO2.C8H11F5N2O2/c1-2-21-12-11-19-17-10-6-5-9-16(17)15-8-4-3-7-14(15)13-18(19)20;1-6(2,4(14)16)5(17)15-3-7(9,10)8(11,12)13/h3-10H,2,11-13H2,1H3;3H2,1-2H3,(H2,14,16)(H,15,17). The van der Waals surface area contributed by atoms with Crippen LogP contribution in [0.4, 0.5) is 27.6 Å². The van der Waals surface area contributed by atoms with Crippen molar-refractivity contribution in [3.63, 3.8) is 0 Å². The van der Waals surface area contributed by atoms with E-state index in [0.717, 1.165) is 36.2 Å². The molecular weight excluding hydrogens is 513 g/mol. The molecule has 0 atom stereocenters. The minimum Gasteiger partial charge on any atom is -0.380 e. The van der Waals surface area contributed by atoms with Crippen LogP contribution in [-0.4, -0.2) is 56.1 Å². The van der Waals surface area contributed by atoms with Gasteiger partial charge in [-0.1, -0.05) is 42.5 Å². The number of rotatable bonds is 8. The molecule has 0 aliphatic carbocycles. The summed E-state index contributed by atoms with van der Waals surface area (Å²) < 4.78 is 65.5. The van der Waals surface area contributed by atoms with Crippen LogP contribution in [0.25, 0.3) is 11.1 Å². The maximum Gasteiger partial charge on any atom is 0.455 e. The molecule has 0 aromatic heterocycles. The molecule has 1 heterocycles. The van der Waals surface area contributed by atoms with Gasteiger partial charge >= 0.3 is 12.1 Å². The molecule has 0 bridgehead atoms. The van der Waals surface area contributed by atoms with Crippen LogP contribution in [0.15, 0.2) is 48.5 Å². The third-order valence-corrected chi connectivity index (χ3v) is 5.88. The van der Waals surface area contributed by atoms with Gasteiger partial charge in [-0.25, -0.2) is 0 Å². The number of halogens is 5. The minimum absolute atomic E-state index is 0.132. The summed E-state index contributed by atoms with van der Waals surface area (Å²) >= 11 is 0. The number of hydrogen-bond donors (Lipinski definition) is 2. The zero-order chi connectivity index (χ0) is 28.7. The molecule has 0 radical (unpaired) electrons. The van der Waals surface area contributed by atoms with Crippen LogP contribution in [0.5, 0.6) is 0 Å². The second kappa shape index (κ2) is 12.3. The topological polar surface area (TPSA) is 102 Å². The minimum atomic E-state index is -5.77. The fourth-order valence-electron chi connectivity index (χ4n) is 3.44. The van der Waals surface area contributed by atoms with Crippen LogP contribution in [0.2, 0.25) is 0 Å². The monoisotopic (exact) mass is 543 g/mol. The van der Waals surface area contributed by atoms with Crippen molar-refractivity contribution in [3.8, 4) is 11.1 Å². The molecule has 0 saturated carbocycles. The van der Waals surface area contributed by atoms with E-state index in [9.17, 15) is 36.3 Å². The highest BCUT2D eigenvalue weighted by molar-refractivity contribution is 6.03. The fourth-order valence-corrected chi connectivity index (χ4v) is 3.44. The zero-order valence-electron chi connectivity index (χ0n) is 21.2. The quantitative estimate of drug-likeness (QED) is 0.298. The molecular formula is C26H30F5N3O4. The van der Waals surface area contributed by atoms with Crippen molar-refractivity contribution in [3.05, 3.63) is 54.1 Å². The first-order valence-corrected chi connectivity index (χ1v) is 11.7. The molecule has 7 nitrogen and oxygen atoms in total. The second-order valence-electron chi connectivity index (χ2n) is 8.97. The molecule has 0 fully saturated rings. The fraction of sp³-hybridized carbons (Fsp3) is 0.423. The summed E-state index contributed by atoms with van der Waals surface area (Å²) in [6.07, 6.45) is -5.33. The Morgan fingerprint density at radius 2 is 1.58 bits per heavy atom. The highest BCUT2D eigenvalue weighted by Gasteiger charge is 2.57. The van der Waals surface area contributed by atoms with Gasteiger partial charge in [-0.15, -0.1) is 0 Å². The van der Waals surface area contributed by atoms with Crippen molar-refractivity contribution in [2.24, 2.45) is 11.1 Å². The molecule has 1 aliphatic heterocycles. The number of fused-ring (bicyclic) bond motifs is 3.